The molecule has 0 spiro atoms. The normalized spacial score (nSPS) is 13.1. The molecule has 0 heterocycles. The van der Waals surface area contributed by atoms with Crippen molar-refractivity contribution in [3.63, 3.8) is 0 Å². The maximum atomic E-state index is 13.0. The third-order valence-corrected chi connectivity index (χ3v) is 3.67. The first kappa shape index (κ1) is 19.0. The molecule has 0 unspecified atom stereocenters. The molecule has 0 radical (unpaired) electrons. The first-order chi connectivity index (χ1) is 8.66. The Morgan fingerprint density at radius 3 is 1.60 bits per heavy atom. The molecular formula is C8H9F7N2O2Se. The molecule has 0 fully saturated rings. The first-order valence-electron chi connectivity index (χ1n) is 4.66. The van der Waals surface area contributed by atoms with Crippen molar-refractivity contribution in [1.82, 2.24) is 8.82 Å². The molecule has 4 nitrogen and oxygen atoms in total. The van der Waals surface area contributed by atoms with E-state index >= 15 is 0 Å². The van der Waals surface area contributed by atoms with Crippen molar-refractivity contribution < 1.29 is 40.3 Å². The van der Waals surface area contributed by atoms with Gasteiger partial charge in [0.25, 0.3) is 0 Å². The van der Waals surface area contributed by atoms with Crippen LogP contribution < -0.4 is 0 Å². The molecule has 0 aromatic carbocycles. The van der Waals surface area contributed by atoms with Gasteiger partial charge in [-0.15, -0.1) is 0 Å². The van der Waals surface area contributed by atoms with E-state index in [4.69, 9.17) is 0 Å². The van der Waals surface area contributed by atoms with Crippen molar-refractivity contribution in [1.29, 1.82) is 0 Å². The van der Waals surface area contributed by atoms with E-state index in [2.05, 4.69) is 0 Å². The van der Waals surface area contributed by atoms with E-state index in [1.165, 1.54) is 14.1 Å². The zero-order chi connectivity index (χ0) is 16.5. The number of urea groups is 1. The molecule has 0 rings (SSSR count). The van der Waals surface area contributed by atoms with Crippen LogP contribution in [0.25, 0.3) is 0 Å². The summed E-state index contributed by atoms with van der Waals surface area (Å²) in [5, 5.41) is 0. The standard InChI is InChI=1S/C8H9F7N2O2Se/c1-16(2)5(19)17(3)20-4(18)6(9,10)7(11,12)8(13,14)15/h1-3H3. The van der Waals surface area contributed by atoms with E-state index in [9.17, 15) is 40.3 Å². The molecule has 12 heteroatoms. The summed E-state index contributed by atoms with van der Waals surface area (Å²) in [5.74, 6) is -12.4. The molecule has 0 aliphatic heterocycles. The van der Waals surface area contributed by atoms with Crippen LogP contribution in [0.2, 0.25) is 0 Å². The monoisotopic (exact) mass is 378 g/mol. The van der Waals surface area contributed by atoms with Crippen LogP contribution >= 0.6 is 0 Å². The molecule has 0 aromatic rings. The second-order valence-corrected chi connectivity index (χ2v) is 6.01. The molecule has 0 aromatic heterocycles. The van der Waals surface area contributed by atoms with Gasteiger partial charge in [-0.3, -0.25) is 0 Å². The van der Waals surface area contributed by atoms with Gasteiger partial charge in [-0.2, -0.15) is 0 Å². The van der Waals surface area contributed by atoms with Gasteiger partial charge in [0.2, 0.25) is 0 Å². The van der Waals surface area contributed by atoms with E-state index in [-0.39, 0.29) is 0 Å². The van der Waals surface area contributed by atoms with E-state index < -0.39 is 43.9 Å². The van der Waals surface area contributed by atoms with Crippen LogP contribution in [0.3, 0.4) is 0 Å². The van der Waals surface area contributed by atoms with Gasteiger partial charge in [0.15, 0.2) is 0 Å². The number of hydrogen-bond acceptors (Lipinski definition) is 2. The number of nitrogens with zero attached hydrogens (tertiary/aromatic N) is 2. The van der Waals surface area contributed by atoms with Crippen LogP contribution in [0, 0.1) is 0 Å². The molecule has 2 amide bonds. The van der Waals surface area contributed by atoms with Gasteiger partial charge in [0.05, 0.1) is 0 Å². The number of amides is 2. The van der Waals surface area contributed by atoms with Gasteiger partial charge >= 0.3 is 114 Å². The van der Waals surface area contributed by atoms with Crippen LogP contribution in [0.4, 0.5) is 35.5 Å². The van der Waals surface area contributed by atoms with Crippen molar-refractivity contribution in [2.45, 2.75) is 18.0 Å². The van der Waals surface area contributed by atoms with Crippen LogP contribution in [0.5, 0.6) is 0 Å². The van der Waals surface area contributed by atoms with Gasteiger partial charge in [-0.1, -0.05) is 0 Å². The molecule has 0 aliphatic carbocycles. The Kier molecular flexibility index (Phi) is 5.46. The van der Waals surface area contributed by atoms with Crippen molar-refractivity contribution in [2.24, 2.45) is 0 Å². The average Bonchev–Trinajstić information content (AvgIpc) is 2.25. The Hall–Kier alpha value is -1.03. The fourth-order valence-electron chi connectivity index (χ4n) is 0.809. The molecule has 118 valence electrons. The molecule has 0 saturated heterocycles. The third-order valence-electron chi connectivity index (χ3n) is 1.88. The Balaban J connectivity index is 5.16. The van der Waals surface area contributed by atoms with Gasteiger partial charge in [-0.25, -0.2) is 0 Å². The summed E-state index contributed by atoms with van der Waals surface area (Å²) in [4.78, 5) is 23.0. The van der Waals surface area contributed by atoms with Crippen LogP contribution in [-0.4, -0.2) is 73.9 Å². The maximum absolute atomic E-state index is 13.0. The number of carbonyl (C=O) groups excluding carboxylic acids is 2. The number of rotatable bonds is 4. The first-order valence-corrected chi connectivity index (χ1v) is 6.28. The third kappa shape index (κ3) is 3.54. The Morgan fingerprint density at radius 2 is 1.30 bits per heavy atom. The fraction of sp³-hybridized carbons (Fsp3) is 0.750. The van der Waals surface area contributed by atoms with Crippen molar-refractivity contribution in [2.75, 3.05) is 21.1 Å². The predicted octanol–water partition coefficient (Wildman–Crippen LogP) is 1.58. The Morgan fingerprint density at radius 1 is 0.900 bits per heavy atom. The molecule has 0 aliphatic rings. The minimum absolute atomic E-state index is 0.357. The van der Waals surface area contributed by atoms with Gasteiger partial charge < -0.3 is 0 Å². The van der Waals surface area contributed by atoms with E-state index in [1.807, 2.05) is 0 Å². The predicted molar refractivity (Wildman–Crippen MR) is 53.6 cm³/mol. The van der Waals surface area contributed by atoms with Crippen molar-refractivity contribution in [3.05, 3.63) is 0 Å². The zero-order valence-electron chi connectivity index (χ0n) is 10.3. The quantitative estimate of drug-likeness (QED) is 0.552. The summed E-state index contributed by atoms with van der Waals surface area (Å²) in [6, 6.07) is -0.982. The SMILES string of the molecule is CN(C)C(=O)N(C)[Se]C(=O)C(F)(F)C(F)(F)C(F)(F)F. The number of hydrogen-bond donors (Lipinski definition) is 0. The molecule has 20 heavy (non-hydrogen) atoms. The number of alkyl halides is 7. The van der Waals surface area contributed by atoms with Gasteiger partial charge in [0.1, 0.15) is 0 Å². The van der Waals surface area contributed by atoms with E-state index in [0.29, 0.717) is 3.92 Å². The second-order valence-electron chi connectivity index (χ2n) is 3.70. The topological polar surface area (TPSA) is 40.6 Å². The molecule has 0 N–H and O–H groups in total. The van der Waals surface area contributed by atoms with Crippen LogP contribution in [0.1, 0.15) is 0 Å². The van der Waals surface area contributed by atoms with Gasteiger partial charge in [0, 0.05) is 0 Å². The van der Waals surface area contributed by atoms with Crippen molar-refractivity contribution >= 4 is 25.9 Å². The fourth-order valence-corrected chi connectivity index (χ4v) is 2.35. The summed E-state index contributed by atoms with van der Waals surface area (Å²) < 4.78 is 84.3. The molecular weight excluding hydrogens is 368 g/mol. The molecule has 0 bridgehead atoms. The molecule has 0 saturated carbocycles. The second kappa shape index (κ2) is 5.76. The van der Waals surface area contributed by atoms with Crippen molar-refractivity contribution in [3.8, 4) is 0 Å². The Labute approximate surface area is 115 Å². The van der Waals surface area contributed by atoms with E-state index in [0.717, 1.165) is 11.9 Å². The Bertz CT molecular complexity index is 397. The summed E-state index contributed by atoms with van der Waals surface area (Å²) in [6.45, 7) is 0. The van der Waals surface area contributed by atoms with E-state index in [1.54, 1.807) is 0 Å². The summed E-state index contributed by atoms with van der Waals surface area (Å²) in [5.41, 5.74) is 0. The molecule has 0 atom stereocenters. The number of halogens is 7. The summed E-state index contributed by atoms with van der Waals surface area (Å²) in [7, 11) is 3.20. The average molecular weight is 377 g/mol. The zero-order valence-corrected chi connectivity index (χ0v) is 12.0. The minimum atomic E-state index is -6.58. The van der Waals surface area contributed by atoms with Crippen LogP contribution in [0.15, 0.2) is 0 Å². The summed E-state index contributed by atoms with van der Waals surface area (Å²) >= 11 is -2.22. The summed E-state index contributed by atoms with van der Waals surface area (Å²) in [6.07, 6.45) is -6.58. The van der Waals surface area contributed by atoms with Gasteiger partial charge in [-0.05, 0) is 0 Å². The van der Waals surface area contributed by atoms with Crippen LogP contribution in [-0.2, 0) is 4.79 Å². The number of carbonyl (C=O) groups is 2.